The van der Waals surface area contributed by atoms with Gasteiger partial charge in [-0.2, -0.15) is 0 Å². The van der Waals surface area contributed by atoms with Crippen molar-refractivity contribution in [1.29, 1.82) is 0 Å². The van der Waals surface area contributed by atoms with Crippen molar-refractivity contribution >= 4 is 38.8 Å². The number of anilines is 1. The Bertz CT molecular complexity index is 487. The summed E-state index contributed by atoms with van der Waals surface area (Å²) in [5.74, 6) is 1.48. The van der Waals surface area contributed by atoms with Crippen LogP contribution in [0.5, 0.6) is 0 Å². The number of hydrogen-bond acceptors (Lipinski definition) is 2. The Balaban J connectivity index is 2.14. The van der Waals surface area contributed by atoms with Crippen LogP contribution in [0, 0.1) is 11.8 Å². The van der Waals surface area contributed by atoms with Crippen molar-refractivity contribution in [1.82, 2.24) is 0 Å². The summed E-state index contributed by atoms with van der Waals surface area (Å²) >= 11 is 8.64. The van der Waals surface area contributed by atoms with E-state index in [1.165, 1.54) is 25.7 Å². The predicted molar refractivity (Wildman–Crippen MR) is 94.2 cm³/mol. The van der Waals surface area contributed by atoms with Crippen molar-refractivity contribution in [2.24, 2.45) is 17.6 Å². The summed E-state index contributed by atoms with van der Waals surface area (Å²) in [6.45, 7) is 4.66. The SMILES string of the molecule is CC(C)C1CCCCC1Nc1ccc(C(N)=S)cc1Br. The number of halogens is 1. The first-order chi connectivity index (χ1) is 9.49. The van der Waals surface area contributed by atoms with E-state index in [1.807, 2.05) is 12.1 Å². The van der Waals surface area contributed by atoms with E-state index >= 15 is 0 Å². The fourth-order valence-corrected chi connectivity index (χ4v) is 3.74. The van der Waals surface area contributed by atoms with Gasteiger partial charge in [-0.05, 0) is 58.8 Å². The fourth-order valence-electron chi connectivity index (χ4n) is 3.12. The molecule has 4 heteroatoms. The third-order valence-corrected chi connectivity index (χ3v) is 5.16. The lowest BCUT2D eigenvalue weighted by molar-refractivity contribution is 0.254. The van der Waals surface area contributed by atoms with Gasteiger partial charge in [-0.25, -0.2) is 0 Å². The summed E-state index contributed by atoms with van der Waals surface area (Å²) in [5, 5.41) is 3.72. The van der Waals surface area contributed by atoms with Crippen molar-refractivity contribution < 1.29 is 0 Å². The van der Waals surface area contributed by atoms with Crippen LogP contribution in [-0.2, 0) is 0 Å². The van der Waals surface area contributed by atoms with Crippen molar-refractivity contribution in [2.75, 3.05) is 5.32 Å². The lowest BCUT2D eigenvalue weighted by Crippen LogP contribution is -2.35. The Morgan fingerprint density at radius 1 is 1.35 bits per heavy atom. The summed E-state index contributed by atoms with van der Waals surface area (Å²) in [4.78, 5) is 0.440. The van der Waals surface area contributed by atoms with Crippen LogP contribution >= 0.6 is 28.1 Å². The van der Waals surface area contributed by atoms with Crippen LogP contribution in [0.25, 0.3) is 0 Å². The minimum Gasteiger partial charge on any atom is -0.389 e. The quantitative estimate of drug-likeness (QED) is 0.768. The van der Waals surface area contributed by atoms with Gasteiger partial charge in [0.15, 0.2) is 0 Å². The van der Waals surface area contributed by atoms with Crippen LogP contribution in [0.3, 0.4) is 0 Å². The number of rotatable bonds is 4. The maximum absolute atomic E-state index is 5.67. The average Bonchev–Trinajstić information content (AvgIpc) is 2.41. The molecule has 0 aliphatic heterocycles. The molecule has 2 atom stereocenters. The molecule has 0 heterocycles. The first kappa shape index (κ1) is 15.8. The molecule has 20 heavy (non-hydrogen) atoms. The van der Waals surface area contributed by atoms with Crippen molar-refractivity contribution in [3.63, 3.8) is 0 Å². The van der Waals surface area contributed by atoms with Crippen LogP contribution in [0.4, 0.5) is 5.69 Å². The van der Waals surface area contributed by atoms with Gasteiger partial charge in [0.25, 0.3) is 0 Å². The second-order valence-electron chi connectivity index (χ2n) is 6.00. The molecule has 0 bridgehead atoms. The molecule has 1 aliphatic carbocycles. The summed E-state index contributed by atoms with van der Waals surface area (Å²) in [6, 6.07) is 6.63. The summed E-state index contributed by atoms with van der Waals surface area (Å²) < 4.78 is 1.04. The van der Waals surface area contributed by atoms with Gasteiger partial charge in [-0.3, -0.25) is 0 Å². The fraction of sp³-hybridized carbons (Fsp3) is 0.562. The van der Waals surface area contributed by atoms with Crippen molar-refractivity contribution in [2.45, 2.75) is 45.6 Å². The highest BCUT2D eigenvalue weighted by molar-refractivity contribution is 9.10. The molecule has 0 amide bonds. The molecular formula is C16H23BrN2S. The molecule has 1 aromatic rings. The molecule has 0 aromatic heterocycles. The molecule has 0 saturated heterocycles. The number of thiocarbonyl (C=S) groups is 1. The number of benzene rings is 1. The second kappa shape index (κ2) is 6.90. The monoisotopic (exact) mass is 354 g/mol. The van der Waals surface area contributed by atoms with Crippen LogP contribution in [-0.4, -0.2) is 11.0 Å². The molecular weight excluding hydrogens is 332 g/mol. The Morgan fingerprint density at radius 3 is 2.65 bits per heavy atom. The molecule has 0 radical (unpaired) electrons. The maximum Gasteiger partial charge on any atom is 0.104 e. The van der Waals surface area contributed by atoms with E-state index in [0.29, 0.717) is 11.0 Å². The molecule has 0 spiro atoms. The summed E-state index contributed by atoms with van der Waals surface area (Å²) in [5.41, 5.74) is 7.71. The lowest BCUT2D eigenvalue weighted by atomic mass is 9.78. The molecule has 1 aliphatic rings. The van der Waals surface area contributed by atoms with Gasteiger partial charge < -0.3 is 11.1 Å². The normalized spacial score (nSPS) is 22.8. The Hall–Kier alpha value is -0.610. The van der Waals surface area contributed by atoms with E-state index in [2.05, 4.69) is 41.2 Å². The van der Waals surface area contributed by atoms with Gasteiger partial charge in [0.1, 0.15) is 4.99 Å². The third kappa shape index (κ3) is 3.73. The van der Waals surface area contributed by atoms with E-state index in [1.54, 1.807) is 0 Å². The van der Waals surface area contributed by atoms with Crippen LogP contribution in [0.2, 0.25) is 0 Å². The largest absolute Gasteiger partial charge is 0.389 e. The zero-order valence-electron chi connectivity index (χ0n) is 12.2. The molecule has 2 unspecified atom stereocenters. The van der Waals surface area contributed by atoms with Gasteiger partial charge in [0.05, 0.1) is 0 Å². The molecule has 110 valence electrons. The highest BCUT2D eigenvalue weighted by atomic mass is 79.9. The van der Waals surface area contributed by atoms with Crippen LogP contribution in [0.1, 0.15) is 45.1 Å². The zero-order valence-corrected chi connectivity index (χ0v) is 14.6. The van der Waals surface area contributed by atoms with Crippen molar-refractivity contribution in [3.05, 3.63) is 28.2 Å². The first-order valence-electron chi connectivity index (χ1n) is 7.35. The minimum atomic E-state index is 0.440. The number of nitrogens with two attached hydrogens (primary N) is 1. The van der Waals surface area contributed by atoms with Gasteiger partial charge >= 0.3 is 0 Å². The Kier molecular flexibility index (Phi) is 5.44. The minimum absolute atomic E-state index is 0.440. The van der Waals surface area contributed by atoms with Crippen molar-refractivity contribution in [3.8, 4) is 0 Å². The number of hydrogen-bond donors (Lipinski definition) is 2. The molecule has 2 nitrogen and oxygen atoms in total. The summed E-state index contributed by atoms with van der Waals surface area (Å²) in [7, 11) is 0. The highest BCUT2D eigenvalue weighted by Crippen LogP contribution is 2.34. The second-order valence-corrected chi connectivity index (χ2v) is 7.30. The number of nitrogens with one attached hydrogen (secondary N) is 1. The van der Waals surface area contributed by atoms with Gasteiger partial charge in [0.2, 0.25) is 0 Å². The standard InChI is InChI=1S/C16H23BrN2S/c1-10(2)12-5-3-4-6-14(12)19-15-8-7-11(16(18)20)9-13(15)17/h7-10,12,14,19H,3-6H2,1-2H3,(H2,18,20). The highest BCUT2D eigenvalue weighted by Gasteiger charge is 2.27. The third-order valence-electron chi connectivity index (χ3n) is 4.27. The molecule has 1 saturated carbocycles. The molecule has 3 N–H and O–H groups in total. The van der Waals surface area contributed by atoms with Crippen LogP contribution < -0.4 is 11.1 Å². The van der Waals surface area contributed by atoms with Gasteiger partial charge in [0, 0.05) is 21.8 Å². The van der Waals surface area contributed by atoms with Gasteiger partial charge in [-0.15, -0.1) is 0 Å². The molecule has 2 rings (SSSR count). The zero-order chi connectivity index (χ0) is 14.7. The lowest BCUT2D eigenvalue weighted by Gasteiger charge is -2.35. The molecule has 1 aromatic carbocycles. The first-order valence-corrected chi connectivity index (χ1v) is 8.55. The molecule has 1 fully saturated rings. The van der Waals surface area contributed by atoms with E-state index in [-0.39, 0.29) is 0 Å². The average molecular weight is 355 g/mol. The van der Waals surface area contributed by atoms with E-state index in [4.69, 9.17) is 18.0 Å². The topological polar surface area (TPSA) is 38.0 Å². The van der Waals surface area contributed by atoms with Crippen LogP contribution in [0.15, 0.2) is 22.7 Å². The van der Waals surface area contributed by atoms with Gasteiger partial charge in [-0.1, -0.05) is 38.9 Å². The smallest absolute Gasteiger partial charge is 0.104 e. The van der Waals surface area contributed by atoms with E-state index in [9.17, 15) is 0 Å². The maximum atomic E-state index is 5.67. The summed E-state index contributed by atoms with van der Waals surface area (Å²) in [6.07, 6.45) is 5.27. The Labute approximate surface area is 135 Å². The predicted octanol–water partition coefficient (Wildman–Crippen LogP) is 4.71. The van der Waals surface area contributed by atoms with E-state index in [0.717, 1.165) is 27.6 Å². The Morgan fingerprint density at radius 2 is 2.05 bits per heavy atom. The van der Waals surface area contributed by atoms with E-state index < -0.39 is 0 Å².